The first-order valence-corrected chi connectivity index (χ1v) is 4.68. The van der Waals surface area contributed by atoms with Crippen molar-refractivity contribution in [2.45, 2.75) is 12.6 Å². The number of phenols is 1. The summed E-state index contributed by atoms with van der Waals surface area (Å²) in [5.41, 5.74) is -1.40. The molecule has 2 nitrogen and oxygen atoms in total. The first-order valence-electron chi connectivity index (χ1n) is 3.89. The molecule has 0 aliphatic carbocycles. The van der Waals surface area contributed by atoms with Gasteiger partial charge >= 0.3 is 6.18 Å². The minimum Gasteiger partial charge on any atom is -0.506 e. The van der Waals surface area contributed by atoms with Gasteiger partial charge in [0, 0.05) is 12.0 Å². The fourth-order valence-corrected chi connectivity index (χ4v) is 1.53. The Morgan fingerprint density at radius 1 is 1.40 bits per heavy atom. The molecule has 6 heteroatoms. The third-order valence-electron chi connectivity index (χ3n) is 1.83. The quantitative estimate of drug-likeness (QED) is 0.847. The average molecular weight is 283 g/mol. The van der Waals surface area contributed by atoms with Crippen LogP contribution in [0.25, 0.3) is 0 Å². The van der Waals surface area contributed by atoms with Crippen molar-refractivity contribution in [3.63, 3.8) is 0 Å². The van der Waals surface area contributed by atoms with Crippen molar-refractivity contribution in [2.24, 2.45) is 0 Å². The Labute approximate surface area is 91.8 Å². The van der Waals surface area contributed by atoms with Crippen molar-refractivity contribution in [3.8, 4) is 5.75 Å². The van der Waals surface area contributed by atoms with E-state index < -0.39 is 29.5 Å². The molecule has 0 aliphatic heterocycles. The number of aldehydes is 1. The van der Waals surface area contributed by atoms with Crippen LogP contribution in [-0.2, 0) is 17.4 Å². The van der Waals surface area contributed by atoms with Crippen LogP contribution in [0.15, 0.2) is 16.6 Å². The summed E-state index contributed by atoms with van der Waals surface area (Å²) in [6.45, 7) is 0. The van der Waals surface area contributed by atoms with E-state index in [0.29, 0.717) is 6.29 Å². The number of hydrogen-bond acceptors (Lipinski definition) is 2. The molecule has 0 amide bonds. The third-order valence-corrected chi connectivity index (χ3v) is 2.47. The highest BCUT2D eigenvalue weighted by Crippen LogP contribution is 2.39. The molecule has 0 fully saturated rings. The van der Waals surface area contributed by atoms with Crippen LogP contribution in [0.5, 0.6) is 5.75 Å². The summed E-state index contributed by atoms with van der Waals surface area (Å²) in [6, 6.07) is 1.91. The molecule has 1 aromatic carbocycles. The second-order valence-electron chi connectivity index (χ2n) is 2.79. The van der Waals surface area contributed by atoms with Gasteiger partial charge in [0.05, 0.1) is 10.0 Å². The molecule has 0 saturated heterocycles. The number of carbonyl (C=O) groups is 1. The van der Waals surface area contributed by atoms with E-state index in [1.807, 2.05) is 0 Å². The zero-order valence-corrected chi connectivity index (χ0v) is 8.89. The number of alkyl halides is 3. The van der Waals surface area contributed by atoms with Crippen molar-refractivity contribution < 1.29 is 23.1 Å². The van der Waals surface area contributed by atoms with Crippen molar-refractivity contribution >= 4 is 22.2 Å². The maximum atomic E-state index is 12.4. The summed E-state index contributed by atoms with van der Waals surface area (Å²) in [4.78, 5) is 10.2. The number of carbonyl (C=O) groups excluding carboxylic acids is 1. The van der Waals surface area contributed by atoms with Crippen molar-refractivity contribution in [1.29, 1.82) is 0 Å². The molecule has 0 unspecified atom stereocenters. The molecule has 0 bridgehead atoms. The fraction of sp³-hybridized carbons (Fsp3) is 0.222. The van der Waals surface area contributed by atoms with Gasteiger partial charge in [-0.25, -0.2) is 0 Å². The van der Waals surface area contributed by atoms with Crippen LogP contribution in [0.2, 0.25) is 0 Å². The summed E-state index contributed by atoms with van der Waals surface area (Å²) in [6.07, 6.45) is -4.73. The molecule has 0 aliphatic rings. The predicted octanol–water partition coefficient (Wildman–Crippen LogP) is 2.91. The van der Waals surface area contributed by atoms with Gasteiger partial charge in [0.1, 0.15) is 12.0 Å². The number of phenolic OH excluding ortho intramolecular Hbond substituents is 1. The van der Waals surface area contributed by atoms with E-state index in [9.17, 15) is 23.1 Å². The van der Waals surface area contributed by atoms with Crippen LogP contribution >= 0.6 is 15.9 Å². The van der Waals surface area contributed by atoms with Gasteiger partial charge in [0.2, 0.25) is 0 Å². The molecular formula is C9H6BrF3O2. The molecule has 1 N–H and O–H groups in total. The Morgan fingerprint density at radius 3 is 2.47 bits per heavy atom. The average Bonchev–Trinajstić information content (AvgIpc) is 2.11. The fourth-order valence-electron chi connectivity index (χ4n) is 1.16. The molecule has 1 rings (SSSR count). The standard InChI is InChI=1S/C9H6BrF3O2/c10-7-2-1-6(9(11,12)13)5(3-4-14)8(7)15/h1-2,4,15H,3H2. The Bertz CT molecular complexity index is 388. The lowest BCUT2D eigenvalue weighted by Gasteiger charge is -2.13. The summed E-state index contributed by atoms with van der Waals surface area (Å²) >= 11 is 2.88. The number of benzene rings is 1. The highest BCUT2D eigenvalue weighted by molar-refractivity contribution is 9.10. The molecule has 0 radical (unpaired) electrons. The molecular weight excluding hydrogens is 277 g/mol. The lowest BCUT2D eigenvalue weighted by molar-refractivity contribution is -0.138. The Kier molecular flexibility index (Phi) is 3.38. The van der Waals surface area contributed by atoms with Gasteiger partial charge in [-0.05, 0) is 28.1 Å². The van der Waals surface area contributed by atoms with Crippen LogP contribution in [-0.4, -0.2) is 11.4 Å². The van der Waals surface area contributed by atoms with E-state index >= 15 is 0 Å². The molecule has 0 heterocycles. The van der Waals surface area contributed by atoms with Gasteiger partial charge < -0.3 is 9.90 Å². The van der Waals surface area contributed by atoms with Crippen molar-refractivity contribution in [3.05, 3.63) is 27.7 Å². The smallest absolute Gasteiger partial charge is 0.416 e. The number of hydrogen-bond donors (Lipinski definition) is 1. The van der Waals surface area contributed by atoms with E-state index in [1.54, 1.807) is 0 Å². The monoisotopic (exact) mass is 282 g/mol. The zero-order chi connectivity index (χ0) is 11.6. The normalized spacial score (nSPS) is 11.5. The van der Waals surface area contributed by atoms with Crippen LogP contribution in [0, 0.1) is 0 Å². The van der Waals surface area contributed by atoms with Crippen LogP contribution in [0.1, 0.15) is 11.1 Å². The highest BCUT2D eigenvalue weighted by Gasteiger charge is 2.34. The van der Waals surface area contributed by atoms with Crippen LogP contribution in [0.4, 0.5) is 13.2 Å². The van der Waals surface area contributed by atoms with Gasteiger partial charge in [-0.3, -0.25) is 0 Å². The summed E-state index contributed by atoms with van der Waals surface area (Å²) in [7, 11) is 0. The molecule has 0 aromatic heterocycles. The molecule has 0 saturated carbocycles. The van der Waals surface area contributed by atoms with Crippen LogP contribution < -0.4 is 0 Å². The second kappa shape index (κ2) is 4.22. The second-order valence-corrected chi connectivity index (χ2v) is 3.64. The minimum atomic E-state index is -4.57. The van der Waals surface area contributed by atoms with E-state index in [1.165, 1.54) is 0 Å². The summed E-state index contributed by atoms with van der Waals surface area (Å²) in [5.74, 6) is -0.545. The van der Waals surface area contributed by atoms with Gasteiger partial charge in [-0.2, -0.15) is 13.2 Å². The first kappa shape index (κ1) is 12.0. The Balaban J connectivity index is 3.39. The SMILES string of the molecule is O=CCc1c(C(F)(F)F)ccc(Br)c1O. The lowest BCUT2D eigenvalue weighted by atomic mass is 10.0. The summed E-state index contributed by atoms with van der Waals surface area (Å²) < 4.78 is 37.5. The van der Waals surface area contributed by atoms with Gasteiger partial charge in [0.15, 0.2) is 0 Å². The van der Waals surface area contributed by atoms with Gasteiger partial charge in [0.25, 0.3) is 0 Å². The lowest BCUT2D eigenvalue weighted by Crippen LogP contribution is -2.09. The number of aromatic hydroxyl groups is 1. The van der Waals surface area contributed by atoms with E-state index in [-0.39, 0.29) is 4.47 Å². The zero-order valence-electron chi connectivity index (χ0n) is 7.31. The number of halogens is 4. The molecule has 1 aromatic rings. The van der Waals surface area contributed by atoms with E-state index in [2.05, 4.69) is 15.9 Å². The first-order chi connectivity index (χ1) is 6.88. The molecule has 0 spiro atoms. The highest BCUT2D eigenvalue weighted by atomic mass is 79.9. The third kappa shape index (κ3) is 2.50. The van der Waals surface area contributed by atoms with Crippen molar-refractivity contribution in [2.75, 3.05) is 0 Å². The van der Waals surface area contributed by atoms with E-state index in [0.717, 1.165) is 12.1 Å². The van der Waals surface area contributed by atoms with Crippen molar-refractivity contribution in [1.82, 2.24) is 0 Å². The topological polar surface area (TPSA) is 37.3 Å². The van der Waals surface area contributed by atoms with Gasteiger partial charge in [-0.1, -0.05) is 0 Å². The minimum absolute atomic E-state index is 0.132. The molecule has 82 valence electrons. The molecule has 0 atom stereocenters. The Hall–Kier alpha value is -1.04. The van der Waals surface area contributed by atoms with Crippen LogP contribution in [0.3, 0.4) is 0 Å². The van der Waals surface area contributed by atoms with Gasteiger partial charge in [-0.15, -0.1) is 0 Å². The maximum Gasteiger partial charge on any atom is 0.416 e. The largest absolute Gasteiger partial charge is 0.506 e. The summed E-state index contributed by atoms with van der Waals surface area (Å²) in [5, 5.41) is 9.37. The Morgan fingerprint density at radius 2 is 2.00 bits per heavy atom. The number of rotatable bonds is 2. The molecule has 15 heavy (non-hydrogen) atoms. The van der Waals surface area contributed by atoms with E-state index in [4.69, 9.17) is 0 Å². The maximum absolute atomic E-state index is 12.4. The predicted molar refractivity (Wildman–Crippen MR) is 50.6 cm³/mol.